The molecule has 5 nitrogen and oxygen atoms in total. The Bertz CT molecular complexity index is 1130. The molecular formula is C20H16ClN3O2. The molecule has 0 unspecified atom stereocenters. The van der Waals surface area contributed by atoms with Crippen LogP contribution in [0.5, 0.6) is 5.75 Å². The Kier molecular flexibility index (Phi) is 4.22. The molecule has 0 radical (unpaired) electrons. The van der Waals surface area contributed by atoms with Crippen LogP contribution in [0.3, 0.4) is 0 Å². The maximum Gasteiger partial charge on any atom is 0.258 e. The van der Waals surface area contributed by atoms with E-state index in [0.717, 1.165) is 22.3 Å². The Morgan fingerprint density at radius 2 is 1.88 bits per heavy atom. The van der Waals surface area contributed by atoms with Gasteiger partial charge < -0.3 is 9.30 Å². The summed E-state index contributed by atoms with van der Waals surface area (Å²) in [6.45, 7) is 0.377. The van der Waals surface area contributed by atoms with Crippen molar-refractivity contribution in [3.05, 3.63) is 88.1 Å². The predicted molar refractivity (Wildman–Crippen MR) is 102 cm³/mol. The van der Waals surface area contributed by atoms with Crippen LogP contribution in [0, 0.1) is 0 Å². The number of benzene rings is 2. The fourth-order valence-electron chi connectivity index (χ4n) is 2.78. The molecule has 26 heavy (non-hydrogen) atoms. The molecule has 2 aromatic heterocycles. The zero-order valence-electron chi connectivity index (χ0n) is 14.1. The zero-order chi connectivity index (χ0) is 18.1. The minimum absolute atomic E-state index is 0.153. The third-order valence-corrected chi connectivity index (χ3v) is 4.45. The molecule has 6 heteroatoms. The van der Waals surface area contributed by atoms with Gasteiger partial charge in [-0.15, -0.1) is 0 Å². The fourth-order valence-corrected chi connectivity index (χ4v) is 2.90. The van der Waals surface area contributed by atoms with Gasteiger partial charge in [-0.3, -0.25) is 9.36 Å². The second-order valence-electron chi connectivity index (χ2n) is 6.01. The van der Waals surface area contributed by atoms with Gasteiger partial charge in [0.1, 0.15) is 12.4 Å². The van der Waals surface area contributed by atoms with Crippen LogP contribution in [0.25, 0.3) is 16.7 Å². The van der Waals surface area contributed by atoms with Crippen molar-refractivity contribution in [2.45, 2.75) is 6.61 Å². The topological polar surface area (TPSA) is 49.0 Å². The molecule has 0 N–H and O–H groups in total. The monoisotopic (exact) mass is 365 g/mol. The van der Waals surface area contributed by atoms with E-state index >= 15 is 0 Å². The van der Waals surface area contributed by atoms with Crippen LogP contribution in [0.1, 0.15) is 5.56 Å². The Labute approximate surface area is 155 Å². The minimum atomic E-state index is -0.153. The summed E-state index contributed by atoms with van der Waals surface area (Å²) in [5.74, 6) is 0.530. The second-order valence-corrected chi connectivity index (χ2v) is 6.45. The number of hydrogen-bond acceptors (Lipinski definition) is 3. The van der Waals surface area contributed by atoms with Crippen LogP contribution in [-0.4, -0.2) is 14.1 Å². The molecule has 0 aliphatic rings. The van der Waals surface area contributed by atoms with Gasteiger partial charge in [-0.1, -0.05) is 23.7 Å². The van der Waals surface area contributed by atoms with E-state index in [1.165, 1.54) is 6.07 Å². The first-order valence-electron chi connectivity index (χ1n) is 8.11. The van der Waals surface area contributed by atoms with Gasteiger partial charge in [-0.2, -0.15) is 0 Å². The van der Waals surface area contributed by atoms with Crippen LogP contribution in [0.2, 0.25) is 5.02 Å². The lowest BCUT2D eigenvalue weighted by Crippen LogP contribution is -2.16. The summed E-state index contributed by atoms with van der Waals surface area (Å²) in [7, 11) is 1.93. The second kappa shape index (κ2) is 6.69. The van der Waals surface area contributed by atoms with Crippen LogP contribution >= 0.6 is 11.6 Å². The Morgan fingerprint density at radius 3 is 2.65 bits per heavy atom. The highest BCUT2D eigenvalue weighted by Crippen LogP contribution is 2.18. The molecule has 0 amide bonds. The van der Waals surface area contributed by atoms with Crippen molar-refractivity contribution in [3.8, 4) is 11.4 Å². The van der Waals surface area contributed by atoms with E-state index < -0.39 is 0 Å². The quantitative estimate of drug-likeness (QED) is 0.550. The van der Waals surface area contributed by atoms with Gasteiger partial charge in [0, 0.05) is 24.3 Å². The molecule has 0 saturated heterocycles. The van der Waals surface area contributed by atoms with Gasteiger partial charge in [0.15, 0.2) is 0 Å². The van der Waals surface area contributed by atoms with Crippen molar-refractivity contribution in [1.29, 1.82) is 0 Å². The van der Waals surface area contributed by atoms with Gasteiger partial charge in [-0.25, -0.2) is 4.98 Å². The molecule has 2 heterocycles. The van der Waals surface area contributed by atoms with E-state index in [1.807, 2.05) is 54.1 Å². The molecule has 2 aromatic carbocycles. The van der Waals surface area contributed by atoms with Crippen molar-refractivity contribution < 1.29 is 4.74 Å². The summed E-state index contributed by atoms with van der Waals surface area (Å²) in [5.41, 5.74) is 3.49. The lowest BCUT2D eigenvalue weighted by Gasteiger charge is -2.09. The predicted octanol–water partition coefficient (Wildman–Crippen LogP) is 3.96. The SMILES string of the molecule is Cn1cnc2ccc(-n3ccc(OCc4ccc(Cl)cc4)cc3=O)cc21. The molecule has 0 saturated carbocycles. The van der Waals surface area contributed by atoms with Gasteiger partial charge >= 0.3 is 0 Å². The molecule has 0 fully saturated rings. The van der Waals surface area contributed by atoms with Crippen molar-refractivity contribution in [3.63, 3.8) is 0 Å². The standard InChI is InChI=1S/C20H16ClN3O2/c1-23-13-22-18-7-6-16(10-19(18)23)24-9-8-17(11-20(24)25)26-12-14-2-4-15(21)5-3-14/h2-11,13H,12H2,1H3. The number of rotatable bonds is 4. The third-order valence-electron chi connectivity index (χ3n) is 4.20. The lowest BCUT2D eigenvalue weighted by atomic mass is 10.2. The number of nitrogens with zero attached hydrogens (tertiary/aromatic N) is 3. The van der Waals surface area contributed by atoms with Crippen LogP contribution in [-0.2, 0) is 13.7 Å². The van der Waals surface area contributed by atoms with E-state index in [1.54, 1.807) is 23.2 Å². The molecule has 0 aliphatic heterocycles. The number of fused-ring (bicyclic) bond motifs is 1. The van der Waals surface area contributed by atoms with E-state index in [-0.39, 0.29) is 5.56 Å². The number of halogens is 1. The average Bonchev–Trinajstić information content (AvgIpc) is 3.02. The summed E-state index contributed by atoms with van der Waals surface area (Å²) in [4.78, 5) is 16.8. The maximum atomic E-state index is 12.5. The van der Waals surface area contributed by atoms with Gasteiger partial charge in [0.25, 0.3) is 5.56 Å². The molecule has 0 bridgehead atoms. The highest BCUT2D eigenvalue weighted by atomic mass is 35.5. The summed E-state index contributed by atoms with van der Waals surface area (Å²) in [6, 6.07) is 16.4. The number of ether oxygens (including phenoxy) is 1. The third kappa shape index (κ3) is 3.21. The number of imidazole rings is 1. The van der Waals surface area contributed by atoms with Crippen LogP contribution in [0.4, 0.5) is 0 Å². The first kappa shape index (κ1) is 16.4. The van der Waals surface area contributed by atoms with Crippen molar-refractivity contribution in [2.24, 2.45) is 7.05 Å². The van der Waals surface area contributed by atoms with Gasteiger partial charge in [-0.05, 0) is 42.0 Å². The first-order chi connectivity index (χ1) is 12.6. The molecule has 0 spiro atoms. The highest BCUT2D eigenvalue weighted by molar-refractivity contribution is 6.30. The largest absolute Gasteiger partial charge is 0.489 e. The smallest absolute Gasteiger partial charge is 0.258 e. The van der Waals surface area contributed by atoms with Gasteiger partial charge in [0.2, 0.25) is 0 Å². The summed E-state index contributed by atoms with van der Waals surface area (Å²) >= 11 is 5.87. The van der Waals surface area contributed by atoms with E-state index in [9.17, 15) is 4.79 Å². The van der Waals surface area contributed by atoms with Crippen LogP contribution < -0.4 is 10.3 Å². The normalized spacial score (nSPS) is 11.0. The fraction of sp³-hybridized carbons (Fsp3) is 0.100. The highest BCUT2D eigenvalue weighted by Gasteiger charge is 2.06. The minimum Gasteiger partial charge on any atom is -0.489 e. The lowest BCUT2D eigenvalue weighted by molar-refractivity contribution is 0.305. The van der Waals surface area contributed by atoms with Crippen molar-refractivity contribution >= 4 is 22.6 Å². The Morgan fingerprint density at radius 1 is 1.08 bits per heavy atom. The number of pyridine rings is 1. The number of hydrogen-bond donors (Lipinski definition) is 0. The Hall–Kier alpha value is -3.05. The molecule has 4 rings (SSSR count). The molecule has 0 atom stereocenters. The number of aromatic nitrogens is 3. The Balaban J connectivity index is 1.57. The summed E-state index contributed by atoms with van der Waals surface area (Å²) in [6.07, 6.45) is 3.47. The molecule has 4 aromatic rings. The van der Waals surface area contributed by atoms with Crippen molar-refractivity contribution in [2.75, 3.05) is 0 Å². The summed E-state index contributed by atoms with van der Waals surface area (Å²) < 4.78 is 9.22. The zero-order valence-corrected chi connectivity index (χ0v) is 14.8. The summed E-state index contributed by atoms with van der Waals surface area (Å²) in [5, 5.41) is 0.682. The first-order valence-corrected chi connectivity index (χ1v) is 8.49. The molecule has 0 aliphatic carbocycles. The molecular weight excluding hydrogens is 350 g/mol. The van der Waals surface area contributed by atoms with E-state index in [4.69, 9.17) is 16.3 Å². The van der Waals surface area contributed by atoms with E-state index in [0.29, 0.717) is 17.4 Å². The van der Waals surface area contributed by atoms with E-state index in [2.05, 4.69) is 4.98 Å². The maximum absolute atomic E-state index is 12.5. The van der Waals surface area contributed by atoms with Gasteiger partial charge in [0.05, 0.1) is 23.0 Å². The van der Waals surface area contributed by atoms with Crippen LogP contribution in [0.15, 0.2) is 71.9 Å². The van der Waals surface area contributed by atoms with Crippen molar-refractivity contribution in [1.82, 2.24) is 14.1 Å². The molecule has 130 valence electrons. The average molecular weight is 366 g/mol. The number of aryl methyl sites for hydroxylation is 1.